The van der Waals surface area contributed by atoms with Gasteiger partial charge in [-0.2, -0.15) is 74.6 Å². The highest BCUT2D eigenvalue weighted by Gasteiger charge is 2.95. The van der Waals surface area contributed by atoms with Crippen molar-refractivity contribution in [2.24, 2.45) is 17.8 Å². The van der Waals surface area contributed by atoms with Crippen molar-refractivity contribution >= 4 is 0 Å². The van der Waals surface area contributed by atoms with Crippen molar-refractivity contribution in [1.29, 1.82) is 0 Å². The first-order valence-corrected chi connectivity index (χ1v) is 8.22. The summed E-state index contributed by atoms with van der Waals surface area (Å²) in [7, 11) is 0. The molecule has 0 aromatic rings. The van der Waals surface area contributed by atoms with Gasteiger partial charge in [0.1, 0.15) is 0 Å². The summed E-state index contributed by atoms with van der Waals surface area (Å²) in [6.45, 7) is 0. The summed E-state index contributed by atoms with van der Waals surface area (Å²) in [6.07, 6.45) is -7.12. The second-order valence-electron chi connectivity index (χ2n) is 7.45. The Labute approximate surface area is 166 Å². The van der Waals surface area contributed by atoms with E-state index in [2.05, 4.69) is 0 Å². The topological polar surface area (TPSA) is 0 Å². The van der Waals surface area contributed by atoms with Crippen LogP contribution in [0.5, 0.6) is 0 Å². The first-order valence-electron chi connectivity index (χ1n) is 8.22. The van der Waals surface area contributed by atoms with Crippen LogP contribution in [0.1, 0.15) is 12.8 Å². The summed E-state index contributed by atoms with van der Waals surface area (Å²) in [5.74, 6) is -61.1. The number of rotatable bonds is 7. The molecule has 188 valence electrons. The van der Waals surface area contributed by atoms with Crippen molar-refractivity contribution in [3.63, 3.8) is 0 Å². The van der Waals surface area contributed by atoms with E-state index in [0.717, 1.165) is 6.08 Å². The predicted molar refractivity (Wildman–Crippen MR) is 69.5 cm³/mol. The van der Waals surface area contributed by atoms with Crippen LogP contribution in [0.25, 0.3) is 0 Å². The molecule has 0 aromatic heterocycles. The molecule has 0 nitrogen and oxygen atoms in total. The molecule has 0 aromatic carbocycles. The highest BCUT2D eigenvalue weighted by molar-refractivity contribution is 5.19. The molecule has 32 heavy (non-hydrogen) atoms. The molecule has 3 unspecified atom stereocenters. The van der Waals surface area contributed by atoms with Crippen LogP contribution in [0, 0.1) is 17.8 Å². The molecule has 1 fully saturated rings. The highest BCUT2D eigenvalue weighted by Crippen LogP contribution is 2.66. The molecule has 2 rings (SSSR count). The van der Waals surface area contributed by atoms with E-state index in [1.54, 1.807) is 0 Å². The van der Waals surface area contributed by atoms with Gasteiger partial charge < -0.3 is 0 Å². The summed E-state index contributed by atoms with van der Waals surface area (Å²) in [4.78, 5) is 0. The average molecular weight is 512 g/mol. The van der Waals surface area contributed by atoms with Crippen molar-refractivity contribution in [2.45, 2.75) is 60.5 Å². The number of hydrogen-bond acceptors (Lipinski definition) is 0. The van der Waals surface area contributed by atoms with Gasteiger partial charge >= 0.3 is 47.6 Å². The molecule has 0 saturated heterocycles. The van der Waals surface area contributed by atoms with Gasteiger partial charge in [-0.25, -0.2) is 0 Å². The van der Waals surface area contributed by atoms with E-state index in [9.17, 15) is 74.6 Å². The maximum absolute atomic E-state index is 14.1. The second kappa shape index (κ2) is 6.79. The standard InChI is InChI=1S/C15H9F17/c16-8(17,7-4-5-1-2-6(7)3-5)9(18,19)10(20,21)11(22,23)12(24,25)13(26,27)14(28,29)15(30,31)32/h1-2,5-7H,3-4H2. The van der Waals surface area contributed by atoms with Crippen LogP contribution in [0.15, 0.2) is 12.2 Å². The van der Waals surface area contributed by atoms with Crippen molar-refractivity contribution in [1.82, 2.24) is 0 Å². The SMILES string of the molecule is FC(F)(F)C(F)(F)C(F)(F)C(F)(F)C(F)(F)C(F)(F)C(F)(F)C(F)(F)C1CC2C=CC1C2. The summed E-state index contributed by atoms with van der Waals surface area (Å²) in [5.41, 5.74) is 0. The maximum Gasteiger partial charge on any atom is 0.460 e. The predicted octanol–water partition coefficient (Wildman–Crippen LogP) is 7.21. The lowest BCUT2D eigenvalue weighted by Gasteiger charge is -2.44. The minimum atomic E-state index is -8.57. The van der Waals surface area contributed by atoms with Gasteiger partial charge in [-0.15, -0.1) is 0 Å². The lowest BCUT2D eigenvalue weighted by atomic mass is 9.80. The molecule has 17 heteroatoms. The Hall–Kier alpha value is -1.45. The molecule has 2 bridgehead atoms. The molecular weight excluding hydrogens is 503 g/mol. The summed E-state index contributed by atoms with van der Waals surface area (Å²) in [6, 6.07) is 0. The third-order valence-electron chi connectivity index (χ3n) is 5.49. The highest BCUT2D eigenvalue weighted by atomic mass is 19.4. The molecule has 3 atom stereocenters. The van der Waals surface area contributed by atoms with Gasteiger partial charge in [0.05, 0.1) is 0 Å². The zero-order valence-corrected chi connectivity index (χ0v) is 14.7. The lowest BCUT2D eigenvalue weighted by molar-refractivity contribution is -0.463. The van der Waals surface area contributed by atoms with Crippen LogP contribution < -0.4 is 0 Å². The second-order valence-corrected chi connectivity index (χ2v) is 7.45. The third-order valence-corrected chi connectivity index (χ3v) is 5.49. The summed E-state index contributed by atoms with van der Waals surface area (Å²) in [5, 5.41) is 0. The molecule has 0 aliphatic heterocycles. The quantitative estimate of drug-likeness (QED) is 0.250. The molecule has 2 aliphatic rings. The molecule has 0 spiro atoms. The zero-order valence-electron chi connectivity index (χ0n) is 14.7. The first kappa shape index (κ1) is 26.8. The Balaban J connectivity index is 2.56. The molecule has 0 N–H and O–H groups in total. The van der Waals surface area contributed by atoms with E-state index in [1.165, 1.54) is 6.08 Å². The van der Waals surface area contributed by atoms with Gasteiger partial charge in [0.15, 0.2) is 0 Å². The van der Waals surface area contributed by atoms with Gasteiger partial charge in [-0.1, -0.05) is 12.2 Å². The van der Waals surface area contributed by atoms with Crippen LogP contribution >= 0.6 is 0 Å². The number of hydrogen-bond donors (Lipinski definition) is 0. The normalized spacial score (nSPS) is 26.2. The van der Waals surface area contributed by atoms with Crippen LogP contribution in [-0.4, -0.2) is 47.6 Å². The van der Waals surface area contributed by atoms with E-state index in [1.807, 2.05) is 0 Å². The molecule has 0 amide bonds. The van der Waals surface area contributed by atoms with E-state index < -0.39 is 71.8 Å². The fourth-order valence-corrected chi connectivity index (χ4v) is 3.61. The molecule has 2 aliphatic carbocycles. The van der Waals surface area contributed by atoms with Crippen LogP contribution in [-0.2, 0) is 0 Å². The van der Waals surface area contributed by atoms with Gasteiger partial charge in [-0.3, -0.25) is 0 Å². The van der Waals surface area contributed by atoms with E-state index in [0.29, 0.717) is 0 Å². The largest absolute Gasteiger partial charge is 0.460 e. The molecule has 0 heterocycles. The van der Waals surface area contributed by atoms with Crippen LogP contribution in [0.3, 0.4) is 0 Å². The van der Waals surface area contributed by atoms with Gasteiger partial charge in [-0.05, 0) is 24.7 Å². The van der Waals surface area contributed by atoms with Crippen molar-refractivity contribution in [3.05, 3.63) is 12.2 Å². The van der Waals surface area contributed by atoms with Crippen molar-refractivity contribution < 1.29 is 74.6 Å². The van der Waals surface area contributed by atoms with E-state index >= 15 is 0 Å². The average Bonchev–Trinajstić information content (AvgIpc) is 3.23. The fraction of sp³-hybridized carbons (Fsp3) is 0.867. The van der Waals surface area contributed by atoms with Gasteiger partial charge in [0, 0.05) is 5.92 Å². The van der Waals surface area contributed by atoms with Crippen molar-refractivity contribution in [2.75, 3.05) is 0 Å². The number of fused-ring (bicyclic) bond motifs is 2. The smallest absolute Gasteiger partial charge is 0.199 e. The third kappa shape index (κ3) is 3.03. The van der Waals surface area contributed by atoms with Gasteiger partial charge in [0.2, 0.25) is 0 Å². The van der Waals surface area contributed by atoms with E-state index in [-0.39, 0.29) is 6.42 Å². The Morgan fingerprint density at radius 3 is 1.12 bits per heavy atom. The Morgan fingerprint density at radius 1 is 0.438 bits per heavy atom. The Kier molecular flexibility index (Phi) is 5.69. The molecule has 0 radical (unpaired) electrons. The van der Waals surface area contributed by atoms with Crippen LogP contribution in [0.4, 0.5) is 74.6 Å². The Bertz CT molecular complexity index is 758. The minimum absolute atomic E-state index is 0.343. The minimum Gasteiger partial charge on any atom is -0.199 e. The number of allylic oxidation sites excluding steroid dienone is 2. The fourth-order valence-electron chi connectivity index (χ4n) is 3.61. The molecular formula is C15H9F17. The molecule has 1 saturated carbocycles. The van der Waals surface area contributed by atoms with Gasteiger partial charge in [0.25, 0.3) is 0 Å². The maximum atomic E-state index is 14.1. The van der Waals surface area contributed by atoms with Crippen molar-refractivity contribution in [3.8, 4) is 0 Å². The summed E-state index contributed by atoms with van der Waals surface area (Å²) >= 11 is 0. The van der Waals surface area contributed by atoms with Crippen LogP contribution in [0.2, 0.25) is 0 Å². The van der Waals surface area contributed by atoms with E-state index in [4.69, 9.17) is 0 Å². The summed E-state index contributed by atoms with van der Waals surface area (Å²) < 4.78 is 225. The Morgan fingerprint density at radius 2 is 0.812 bits per heavy atom. The number of alkyl halides is 17. The monoisotopic (exact) mass is 512 g/mol. The zero-order chi connectivity index (χ0) is 25.6. The number of halogens is 17. The first-order chi connectivity index (χ1) is 13.8. The lowest BCUT2D eigenvalue weighted by Crippen LogP contribution is -2.75.